The molecule has 0 fully saturated rings. The number of hydrogen-bond donors (Lipinski definition) is 0. The van der Waals surface area contributed by atoms with E-state index in [9.17, 15) is 9.59 Å². The van der Waals surface area contributed by atoms with Crippen molar-refractivity contribution in [3.05, 3.63) is 34.5 Å². The number of rotatable bonds is 1. The zero-order valence-corrected chi connectivity index (χ0v) is 9.58. The number of carbonyl (C=O) groups excluding carboxylic acids is 2. The lowest BCUT2D eigenvalue weighted by molar-refractivity contribution is -0.120. The molecule has 0 aromatic carbocycles. The van der Waals surface area contributed by atoms with Crippen molar-refractivity contribution in [2.45, 2.75) is 13.8 Å². The molecule has 4 nitrogen and oxygen atoms in total. The molecule has 5 heteroatoms. The summed E-state index contributed by atoms with van der Waals surface area (Å²) in [5.74, 6) is -0.397. The van der Waals surface area contributed by atoms with Crippen molar-refractivity contribution >= 4 is 29.2 Å². The Morgan fingerprint density at radius 3 is 2.31 bits per heavy atom. The third-order valence-corrected chi connectivity index (χ3v) is 2.72. The summed E-state index contributed by atoms with van der Waals surface area (Å²) >= 11 is 5.90. The first-order chi connectivity index (χ1) is 7.50. The summed E-state index contributed by atoms with van der Waals surface area (Å²) in [7, 11) is 0. The highest BCUT2D eigenvalue weighted by molar-refractivity contribution is 6.31. The molecule has 0 radical (unpaired) electrons. The molecule has 0 saturated carbocycles. The van der Waals surface area contributed by atoms with Crippen molar-refractivity contribution in [1.82, 2.24) is 4.98 Å². The van der Waals surface area contributed by atoms with E-state index in [-0.39, 0.29) is 11.8 Å². The Bertz CT molecular complexity index is 505. The molecule has 0 N–H and O–H groups in total. The van der Waals surface area contributed by atoms with Crippen LogP contribution in [0, 0.1) is 13.8 Å². The van der Waals surface area contributed by atoms with Gasteiger partial charge in [-0.05, 0) is 25.5 Å². The molecule has 0 unspecified atom stereocenters. The van der Waals surface area contributed by atoms with E-state index >= 15 is 0 Å². The SMILES string of the molecule is Cc1cc(Cl)c(C)nc1N1C(=O)C=CC1=O. The Balaban J connectivity index is 2.53. The predicted octanol–water partition coefficient (Wildman–Crippen LogP) is 1.78. The van der Waals surface area contributed by atoms with Crippen molar-refractivity contribution in [2.75, 3.05) is 4.90 Å². The fourth-order valence-corrected chi connectivity index (χ4v) is 1.70. The first-order valence-electron chi connectivity index (χ1n) is 4.70. The normalized spacial score (nSPS) is 15.1. The van der Waals surface area contributed by atoms with Gasteiger partial charge < -0.3 is 0 Å². The van der Waals surface area contributed by atoms with Crippen LogP contribution in [0.15, 0.2) is 18.2 Å². The molecular formula is C11H9ClN2O2. The maximum Gasteiger partial charge on any atom is 0.259 e. The second-order valence-corrected chi connectivity index (χ2v) is 3.95. The first-order valence-corrected chi connectivity index (χ1v) is 5.08. The summed E-state index contributed by atoms with van der Waals surface area (Å²) < 4.78 is 0. The highest BCUT2D eigenvalue weighted by Gasteiger charge is 2.27. The zero-order valence-electron chi connectivity index (χ0n) is 8.82. The van der Waals surface area contributed by atoms with Gasteiger partial charge in [-0.2, -0.15) is 0 Å². The second-order valence-electron chi connectivity index (χ2n) is 3.54. The van der Waals surface area contributed by atoms with Crippen molar-refractivity contribution in [3.8, 4) is 0 Å². The van der Waals surface area contributed by atoms with Crippen LogP contribution in [0.3, 0.4) is 0 Å². The van der Waals surface area contributed by atoms with Gasteiger partial charge in [0, 0.05) is 12.2 Å². The minimum Gasteiger partial charge on any atom is -0.269 e. The van der Waals surface area contributed by atoms with Gasteiger partial charge in [0.2, 0.25) is 0 Å². The molecule has 0 spiro atoms. The van der Waals surface area contributed by atoms with Gasteiger partial charge in [-0.3, -0.25) is 9.59 Å². The van der Waals surface area contributed by atoms with E-state index in [2.05, 4.69) is 4.98 Å². The Labute approximate surface area is 97.5 Å². The quantitative estimate of drug-likeness (QED) is 0.699. The van der Waals surface area contributed by atoms with Crippen LogP contribution in [0.4, 0.5) is 5.82 Å². The summed E-state index contributed by atoms with van der Waals surface area (Å²) in [6.45, 7) is 3.48. The molecule has 0 bridgehead atoms. The fourth-order valence-electron chi connectivity index (χ4n) is 1.49. The average molecular weight is 237 g/mol. The molecule has 1 aliphatic rings. The van der Waals surface area contributed by atoms with Crippen LogP contribution in [-0.4, -0.2) is 16.8 Å². The number of nitrogens with zero attached hydrogens (tertiary/aromatic N) is 2. The average Bonchev–Trinajstić information content (AvgIpc) is 2.53. The minimum atomic E-state index is -0.373. The van der Waals surface area contributed by atoms with E-state index in [1.54, 1.807) is 19.9 Å². The van der Waals surface area contributed by atoms with Crippen LogP contribution in [0.2, 0.25) is 5.02 Å². The molecule has 2 rings (SSSR count). The molecule has 1 aromatic heterocycles. The van der Waals surface area contributed by atoms with Crippen LogP contribution < -0.4 is 4.90 Å². The van der Waals surface area contributed by atoms with Crippen LogP contribution in [0.5, 0.6) is 0 Å². The molecule has 2 amide bonds. The standard InChI is InChI=1S/C11H9ClN2O2/c1-6-5-8(12)7(2)13-11(6)14-9(15)3-4-10(14)16/h3-5H,1-2H3. The number of halogens is 1. The molecular weight excluding hydrogens is 228 g/mol. The van der Waals surface area contributed by atoms with Gasteiger partial charge in [0.15, 0.2) is 0 Å². The number of hydrogen-bond acceptors (Lipinski definition) is 3. The number of aromatic nitrogens is 1. The van der Waals surface area contributed by atoms with Gasteiger partial charge in [-0.25, -0.2) is 9.88 Å². The Hall–Kier alpha value is -1.68. The van der Waals surface area contributed by atoms with E-state index in [0.717, 1.165) is 4.90 Å². The van der Waals surface area contributed by atoms with E-state index < -0.39 is 0 Å². The van der Waals surface area contributed by atoms with Crippen molar-refractivity contribution in [3.63, 3.8) is 0 Å². The summed E-state index contributed by atoms with van der Waals surface area (Å²) in [4.78, 5) is 28.2. The molecule has 0 aliphatic carbocycles. The summed E-state index contributed by atoms with van der Waals surface area (Å²) in [6, 6.07) is 1.69. The number of pyridine rings is 1. The van der Waals surface area contributed by atoms with E-state index in [4.69, 9.17) is 11.6 Å². The topological polar surface area (TPSA) is 50.3 Å². The fraction of sp³-hybridized carbons (Fsp3) is 0.182. The minimum absolute atomic E-state index is 0.349. The van der Waals surface area contributed by atoms with Gasteiger partial charge >= 0.3 is 0 Å². The third kappa shape index (κ3) is 1.61. The number of carbonyl (C=O) groups is 2. The third-order valence-electron chi connectivity index (χ3n) is 2.34. The van der Waals surface area contributed by atoms with Crippen molar-refractivity contribution in [1.29, 1.82) is 0 Å². The number of imide groups is 1. The number of aryl methyl sites for hydroxylation is 2. The van der Waals surface area contributed by atoms with Crippen LogP contribution in [0.25, 0.3) is 0 Å². The van der Waals surface area contributed by atoms with Crippen LogP contribution in [0.1, 0.15) is 11.3 Å². The molecule has 2 heterocycles. The molecule has 0 saturated heterocycles. The monoisotopic (exact) mass is 236 g/mol. The van der Waals surface area contributed by atoms with E-state index in [0.29, 0.717) is 22.1 Å². The zero-order chi connectivity index (χ0) is 11.9. The van der Waals surface area contributed by atoms with Gasteiger partial charge in [-0.1, -0.05) is 11.6 Å². The maximum absolute atomic E-state index is 11.5. The van der Waals surface area contributed by atoms with Gasteiger partial charge in [0.25, 0.3) is 11.8 Å². The van der Waals surface area contributed by atoms with Gasteiger partial charge in [0.05, 0.1) is 10.7 Å². The summed E-state index contributed by atoms with van der Waals surface area (Å²) in [5, 5.41) is 0.522. The molecule has 1 aliphatic heterocycles. The van der Waals surface area contributed by atoms with E-state index in [1.165, 1.54) is 12.2 Å². The lowest BCUT2D eigenvalue weighted by atomic mass is 10.2. The maximum atomic E-state index is 11.5. The van der Waals surface area contributed by atoms with Crippen LogP contribution >= 0.6 is 11.6 Å². The summed E-state index contributed by atoms with van der Waals surface area (Å²) in [5.41, 5.74) is 1.29. The van der Waals surface area contributed by atoms with Crippen molar-refractivity contribution < 1.29 is 9.59 Å². The molecule has 82 valence electrons. The number of amides is 2. The lowest BCUT2D eigenvalue weighted by Gasteiger charge is -2.16. The highest BCUT2D eigenvalue weighted by atomic mass is 35.5. The van der Waals surface area contributed by atoms with Crippen LogP contribution in [-0.2, 0) is 9.59 Å². The van der Waals surface area contributed by atoms with Crippen molar-refractivity contribution in [2.24, 2.45) is 0 Å². The molecule has 0 atom stereocenters. The smallest absolute Gasteiger partial charge is 0.259 e. The molecule has 1 aromatic rings. The predicted molar refractivity (Wildman–Crippen MR) is 60.4 cm³/mol. The Morgan fingerprint density at radius 1 is 1.19 bits per heavy atom. The second kappa shape index (κ2) is 3.72. The Kier molecular flexibility index (Phi) is 2.52. The highest BCUT2D eigenvalue weighted by Crippen LogP contribution is 2.25. The Morgan fingerprint density at radius 2 is 1.75 bits per heavy atom. The van der Waals surface area contributed by atoms with E-state index in [1.807, 2.05) is 0 Å². The first kappa shape index (κ1) is 10.8. The lowest BCUT2D eigenvalue weighted by Crippen LogP contribution is -2.31. The molecule has 16 heavy (non-hydrogen) atoms. The number of anilines is 1. The largest absolute Gasteiger partial charge is 0.269 e. The van der Waals surface area contributed by atoms with Gasteiger partial charge in [-0.15, -0.1) is 0 Å². The summed E-state index contributed by atoms with van der Waals surface area (Å²) in [6.07, 6.45) is 2.46. The van der Waals surface area contributed by atoms with Gasteiger partial charge in [0.1, 0.15) is 5.82 Å².